The van der Waals surface area contributed by atoms with Crippen LogP contribution >= 0.6 is 11.6 Å². The Bertz CT molecular complexity index is 654. The third kappa shape index (κ3) is 2.84. The number of terminal acetylenes is 1. The zero-order chi connectivity index (χ0) is 16.4. The van der Waals surface area contributed by atoms with Gasteiger partial charge in [-0.05, 0) is 13.0 Å². The fraction of sp³-hybridized carbons (Fsp3) is 0.286. The van der Waals surface area contributed by atoms with Gasteiger partial charge in [0.1, 0.15) is 24.2 Å². The molecule has 0 bridgehead atoms. The standard InChI is InChI=1S/C14H13ClFN3O3/c1-4-5-22-12-7-11(10(16)6-9(12)15)19-13(20)8(2)17-18(3)14(19)21/h1,6-8,17H,5H2,2-3H3. The maximum Gasteiger partial charge on any atom is 0.345 e. The summed E-state index contributed by atoms with van der Waals surface area (Å²) in [4.78, 5) is 25.1. The number of ether oxygens (including phenoxy) is 1. The number of nitrogens with one attached hydrogen (secondary N) is 1. The molecule has 1 aromatic carbocycles. The molecule has 22 heavy (non-hydrogen) atoms. The summed E-state index contributed by atoms with van der Waals surface area (Å²) in [7, 11) is 1.43. The quantitative estimate of drug-likeness (QED) is 0.861. The van der Waals surface area contributed by atoms with Gasteiger partial charge in [-0.3, -0.25) is 9.80 Å². The molecule has 1 heterocycles. The molecular weight excluding hydrogens is 313 g/mol. The van der Waals surface area contributed by atoms with E-state index < -0.39 is 23.8 Å². The van der Waals surface area contributed by atoms with Crippen LogP contribution < -0.4 is 15.1 Å². The van der Waals surface area contributed by atoms with Crippen LogP contribution in [-0.2, 0) is 4.79 Å². The summed E-state index contributed by atoms with van der Waals surface area (Å²) in [5.74, 6) is 0.929. The molecular formula is C14H13ClFN3O3. The van der Waals surface area contributed by atoms with Gasteiger partial charge in [-0.1, -0.05) is 17.5 Å². The summed E-state index contributed by atoms with van der Waals surface area (Å²) in [5, 5.41) is 1.09. The van der Waals surface area contributed by atoms with Crippen LogP contribution in [0.3, 0.4) is 0 Å². The van der Waals surface area contributed by atoms with E-state index in [1.54, 1.807) is 6.92 Å². The topological polar surface area (TPSA) is 61.9 Å². The second-order valence-corrected chi connectivity index (χ2v) is 5.00. The number of anilines is 1. The Morgan fingerprint density at radius 2 is 2.18 bits per heavy atom. The predicted molar refractivity (Wildman–Crippen MR) is 79.0 cm³/mol. The number of urea groups is 1. The molecule has 0 aliphatic carbocycles. The summed E-state index contributed by atoms with van der Waals surface area (Å²) in [6, 6.07) is 0.743. The van der Waals surface area contributed by atoms with Crippen LogP contribution in [0.25, 0.3) is 0 Å². The largest absolute Gasteiger partial charge is 0.479 e. The monoisotopic (exact) mass is 325 g/mol. The van der Waals surface area contributed by atoms with Crippen molar-refractivity contribution in [2.24, 2.45) is 0 Å². The SMILES string of the molecule is C#CCOc1cc(N2C(=O)C(C)NN(C)C2=O)c(F)cc1Cl. The summed E-state index contributed by atoms with van der Waals surface area (Å²) in [6.45, 7) is 1.48. The van der Waals surface area contributed by atoms with E-state index in [0.29, 0.717) is 0 Å². The average Bonchev–Trinajstić information content (AvgIpc) is 2.46. The van der Waals surface area contributed by atoms with Gasteiger partial charge >= 0.3 is 6.03 Å². The number of imide groups is 1. The highest BCUT2D eigenvalue weighted by Gasteiger charge is 2.37. The minimum absolute atomic E-state index is 0.00654. The van der Waals surface area contributed by atoms with E-state index in [4.69, 9.17) is 22.8 Å². The van der Waals surface area contributed by atoms with Crippen LogP contribution in [-0.4, -0.2) is 36.6 Å². The van der Waals surface area contributed by atoms with Crippen molar-refractivity contribution in [3.8, 4) is 18.1 Å². The molecule has 0 spiro atoms. The number of carbonyl (C=O) groups excluding carboxylic acids is 2. The number of benzene rings is 1. The number of carbonyl (C=O) groups is 2. The van der Waals surface area contributed by atoms with E-state index in [0.717, 1.165) is 16.0 Å². The molecule has 1 atom stereocenters. The zero-order valence-corrected chi connectivity index (χ0v) is 12.6. The Balaban J connectivity index is 2.48. The van der Waals surface area contributed by atoms with E-state index >= 15 is 0 Å². The van der Waals surface area contributed by atoms with Crippen LogP contribution in [0.2, 0.25) is 5.02 Å². The van der Waals surface area contributed by atoms with E-state index in [1.807, 2.05) is 0 Å². The van der Waals surface area contributed by atoms with Crippen LogP contribution in [0.1, 0.15) is 6.92 Å². The molecule has 1 fully saturated rings. The molecule has 0 aromatic heterocycles. The maximum absolute atomic E-state index is 14.2. The first-order valence-electron chi connectivity index (χ1n) is 6.30. The highest BCUT2D eigenvalue weighted by atomic mass is 35.5. The first-order valence-corrected chi connectivity index (χ1v) is 6.67. The molecule has 2 rings (SSSR count). The zero-order valence-electron chi connectivity index (χ0n) is 11.9. The minimum Gasteiger partial charge on any atom is -0.479 e. The lowest BCUT2D eigenvalue weighted by Crippen LogP contribution is -2.63. The summed E-state index contributed by atoms with van der Waals surface area (Å²) < 4.78 is 19.4. The summed E-state index contributed by atoms with van der Waals surface area (Å²) >= 11 is 5.86. The minimum atomic E-state index is -0.817. The Morgan fingerprint density at radius 3 is 2.82 bits per heavy atom. The van der Waals surface area contributed by atoms with Crippen molar-refractivity contribution in [2.75, 3.05) is 18.6 Å². The Hall–Kier alpha value is -2.30. The molecule has 8 heteroatoms. The number of rotatable bonds is 3. The summed E-state index contributed by atoms with van der Waals surface area (Å²) in [5.41, 5.74) is 2.40. The van der Waals surface area contributed by atoms with Crippen molar-refractivity contribution in [3.05, 3.63) is 23.0 Å². The van der Waals surface area contributed by atoms with Gasteiger partial charge in [0.05, 0.1) is 10.7 Å². The Kier molecular flexibility index (Phi) is 4.54. The second-order valence-electron chi connectivity index (χ2n) is 4.59. The van der Waals surface area contributed by atoms with Crippen LogP contribution in [0.4, 0.5) is 14.9 Å². The third-order valence-electron chi connectivity index (χ3n) is 3.01. The number of hydrogen-bond donors (Lipinski definition) is 1. The molecule has 0 saturated carbocycles. The van der Waals surface area contributed by atoms with Gasteiger partial charge in [-0.2, -0.15) is 0 Å². The number of halogens is 2. The smallest absolute Gasteiger partial charge is 0.345 e. The lowest BCUT2D eigenvalue weighted by atomic mass is 10.2. The van der Waals surface area contributed by atoms with E-state index in [1.165, 1.54) is 13.1 Å². The molecule has 3 amide bonds. The van der Waals surface area contributed by atoms with Gasteiger partial charge in [0.25, 0.3) is 5.91 Å². The first kappa shape index (κ1) is 16.1. The van der Waals surface area contributed by atoms with Gasteiger partial charge in [0, 0.05) is 13.1 Å². The van der Waals surface area contributed by atoms with Crippen LogP contribution in [0.5, 0.6) is 5.75 Å². The fourth-order valence-electron chi connectivity index (χ4n) is 1.98. The van der Waals surface area contributed by atoms with Crippen LogP contribution in [0.15, 0.2) is 12.1 Å². The second kappa shape index (κ2) is 6.22. The maximum atomic E-state index is 14.2. The lowest BCUT2D eigenvalue weighted by Gasteiger charge is -2.36. The average molecular weight is 326 g/mol. The van der Waals surface area contributed by atoms with Crippen molar-refractivity contribution in [3.63, 3.8) is 0 Å². The molecule has 1 N–H and O–H groups in total. The Labute approximate surface area is 131 Å². The third-order valence-corrected chi connectivity index (χ3v) is 3.30. The number of amides is 3. The van der Waals surface area contributed by atoms with Crippen LogP contribution in [0, 0.1) is 18.2 Å². The molecule has 116 valence electrons. The van der Waals surface area contributed by atoms with Gasteiger partial charge < -0.3 is 4.74 Å². The molecule has 1 unspecified atom stereocenters. The van der Waals surface area contributed by atoms with Crippen molar-refractivity contribution >= 4 is 29.2 Å². The van der Waals surface area contributed by atoms with E-state index in [-0.39, 0.29) is 23.1 Å². The molecule has 6 nitrogen and oxygen atoms in total. The van der Waals surface area contributed by atoms with E-state index in [2.05, 4.69) is 11.3 Å². The van der Waals surface area contributed by atoms with Gasteiger partial charge in [0.15, 0.2) is 0 Å². The number of hydrazine groups is 1. The Morgan fingerprint density at radius 1 is 1.50 bits per heavy atom. The summed E-state index contributed by atoms with van der Waals surface area (Å²) in [6.07, 6.45) is 5.09. The predicted octanol–water partition coefficient (Wildman–Crippen LogP) is 1.78. The van der Waals surface area contributed by atoms with Crippen molar-refractivity contribution in [1.29, 1.82) is 0 Å². The van der Waals surface area contributed by atoms with E-state index in [9.17, 15) is 14.0 Å². The fourth-order valence-corrected chi connectivity index (χ4v) is 2.19. The first-order chi connectivity index (χ1) is 10.4. The molecule has 0 radical (unpaired) electrons. The molecule has 1 aliphatic rings. The number of hydrogen-bond acceptors (Lipinski definition) is 4. The van der Waals surface area contributed by atoms with Gasteiger partial charge in [-0.25, -0.2) is 19.5 Å². The molecule has 1 saturated heterocycles. The molecule has 1 aliphatic heterocycles. The van der Waals surface area contributed by atoms with Crippen molar-refractivity contribution in [2.45, 2.75) is 13.0 Å². The lowest BCUT2D eigenvalue weighted by molar-refractivity contribution is -0.122. The van der Waals surface area contributed by atoms with Crippen molar-refractivity contribution in [1.82, 2.24) is 10.4 Å². The normalized spacial score (nSPS) is 18.4. The number of nitrogens with zero attached hydrogens (tertiary/aromatic N) is 2. The highest BCUT2D eigenvalue weighted by molar-refractivity contribution is 6.32. The molecule has 1 aromatic rings. The van der Waals surface area contributed by atoms with Gasteiger partial charge in [-0.15, -0.1) is 6.42 Å². The van der Waals surface area contributed by atoms with Crippen molar-refractivity contribution < 1.29 is 18.7 Å². The highest BCUT2D eigenvalue weighted by Crippen LogP contribution is 2.33. The van der Waals surface area contributed by atoms with Gasteiger partial charge in [0.2, 0.25) is 0 Å².